The van der Waals surface area contributed by atoms with Crippen LogP contribution in [0.25, 0.3) is 11.1 Å². The summed E-state index contributed by atoms with van der Waals surface area (Å²) in [5.74, 6) is -0.842. The highest BCUT2D eigenvalue weighted by atomic mass is 19.1. The molecule has 0 heterocycles. The van der Waals surface area contributed by atoms with Gasteiger partial charge in [-0.3, -0.25) is 0 Å². The molecule has 0 spiro atoms. The SMILES string of the molecule is C[N+](C)(CCCCc1ccc(F)cc1)C[C@@H](O)COc1cc(-c2ccc(C(=O)O)cc2)ccc1C#N. The van der Waals surface area contributed by atoms with Gasteiger partial charge in [0.25, 0.3) is 0 Å². The fourth-order valence-corrected chi connectivity index (χ4v) is 4.14. The van der Waals surface area contributed by atoms with Gasteiger partial charge in [0.2, 0.25) is 0 Å². The summed E-state index contributed by atoms with van der Waals surface area (Å²) in [6, 6.07) is 20.3. The molecule has 0 aliphatic heterocycles. The predicted molar refractivity (Wildman–Crippen MR) is 136 cm³/mol. The van der Waals surface area contributed by atoms with Crippen LogP contribution in [0.15, 0.2) is 66.7 Å². The summed E-state index contributed by atoms with van der Waals surface area (Å²) >= 11 is 0. The number of carboxylic acid groups (broad SMARTS) is 1. The maximum absolute atomic E-state index is 13.0. The number of nitrogens with zero attached hydrogens (tertiary/aromatic N) is 2. The minimum Gasteiger partial charge on any atom is -0.489 e. The molecule has 2 N–H and O–H groups in total. The van der Waals surface area contributed by atoms with Crippen molar-refractivity contribution in [3.8, 4) is 22.9 Å². The molecule has 0 radical (unpaired) electrons. The zero-order valence-corrected chi connectivity index (χ0v) is 20.7. The number of carboxylic acids is 1. The molecule has 36 heavy (non-hydrogen) atoms. The van der Waals surface area contributed by atoms with Crippen LogP contribution >= 0.6 is 0 Å². The van der Waals surface area contributed by atoms with E-state index in [1.165, 1.54) is 24.3 Å². The molecule has 0 bridgehead atoms. The number of ether oxygens (including phenoxy) is 1. The van der Waals surface area contributed by atoms with Crippen molar-refractivity contribution in [2.24, 2.45) is 0 Å². The van der Waals surface area contributed by atoms with Gasteiger partial charge < -0.3 is 19.4 Å². The third-order valence-electron chi connectivity index (χ3n) is 6.10. The van der Waals surface area contributed by atoms with Crippen LogP contribution in [0.1, 0.15) is 34.3 Å². The fourth-order valence-electron chi connectivity index (χ4n) is 4.14. The third-order valence-corrected chi connectivity index (χ3v) is 6.10. The maximum atomic E-state index is 13.0. The Morgan fingerprint density at radius 2 is 1.69 bits per heavy atom. The number of hydrogen-bond acceptors (Lipinski definition) is 4. The first-order valence-electron chi connectivity index (χ1n) is 11.9. The summed E-state index contributed by atoms with van der Waals surface area (Å²) in [6.45, 7) is 1.42. The van der Waals surface area contributed by atoms with E-state index in [9.17, 15) is 19.6 Å². The van der Waals surface area contributed by atoms with Crippen LogP contribution in [0.3, 0.4) is 0 Å². The van der Waals surface area contributed by atoms with Gasteiger partial charge in [0.1, 0.15) is 36.9 Å². The lowest BCUT2D eigenvalue weighted by Crippen LogP contribution is -2.47. The number of carbonyl (C=O) groups is 1. The highest BCUT2D eigenvalue weighted by molar-refractivity contribution is 5.88. The lowest BCUT2D eigenvalue weighted by atomic mass is 10.0. The highest BCUT2D eigenvalue weighted by Gasteiger charge is 2.21. The molecule has 0 saturated heterocycles. The number of aromatic carboxylic acids is 1. The van der Waals surface area contributed by atoms with Crippen LogP contribution in [-0.2, 0) is 6.42 Å². The number of aryl methyl sites for hydroxylation is 1. The second kappa shape index (κ2) is 12.3. The molecule has 0 aromatic heterocycles. The monoisotopic (exact) mass is 491 g/mol. The van der Waals surface area contributed by atoms with E-state index in [0.717, 1.165) is 42.5 Å². The van der Waals surface area contributed by atoms with Crippen molar-refractivity contribution in [1.29, 1.82) is 5.26 Å². The minimum absolute atomic E-state index is 0.0490. The minimum atomic E-state index is -0.992. The molecule has 0 unspecified atom stereocenters. The summed E-state index contributed by atoms with van der Waals surface area (Å²) in [5.41, 5.74) is 3.26. The van der Waals surface area contributed by atoms with Gasteiger partial charge in [-0.05, 0) is 72.4 Å². The molecule has 0 aliphatic carbocycles. The van der Waals surface area contributed by atoms with Crippen LogP contribution in [-0.4, -0.2) is 60.6 Å². The summed E-state index contributed by atoms with van der Waals surface area (Å²) in [4.78, 5) is 11.1. The molecule has 0 aliphatic rings. The summed E-state index contributed by atoms with van der Waals surface area (Å²) in [5, 5.41) is 29.2. The molecule has 3 aromatic rings. The number of quaternary nitrogens is 1. The first-order valence-corrected chi connectivity index (χ1v) is 11.9. The molecule has 3 rings (SSSR count). The van der Waals surface area contributed by atoms with Crippen molar-refractivity contribution < 1.29 is 28.6 Å². The predicted octanol–water partition coefficient (Wildman–Crippen LogP) is 4.90. The van der Waals surface area contributed by atoms with E-state index in [0.29, 0.717) is 22.3 Å². The van der Waals surface area contributed by atoms with Crippen molar-refractivity contribution in [2.45, 2.75) is 25.4 Å². The Labute approximate surface area is 211 Å². The van der Waals surface area contributed by atoms with Gasteiger partial charge in [0.05, 0.1) is 31.8 Å². The number of benzene rings is 3. The van der Waals surface area contributed by atoms with E-state index >= 15 is 0 Å². The van der Waals surface area contributed by atoms with Crippen molar-refractivity contribution in [3.05, 3.63) is 89.2 Å². The number of halogens is 1. The quantitative estimate of drug-likeness (QED) is 0.278. The lowest BCUT2D eigenvalue weighted by molar-refractivity contribution is -0.893. The Balaban J connectivity index is 1.52. The van der Waals surface area contributed by atoms with Crippen molar-refractivity contribution >= 4 is 5.97 Å². The molecule has 6 nitrogen and oxygen atoms in total. The number of aliphatic hydroxyl groups is 1. The van der Waals surface area contributed by atoms with Gasteiger partial charge in [-0.1, -0.05) is 30.3 Å². The van der Waals surface area contributed by atoms with E-state index in [1.54, 1.807) is 30.3 Å². The molecular weight excluding hydrogens is 459 g/mol. The molecule has 1 atom stereocenters. The van der Waals surface area contributed by atoms with Gasteiger partial charge in [-0.2, -0.15) is 5.26 Å². The molecule has 188 valence electrons. The molecule has 0 saturated carbocycles. The first kappa shape index (κ1) is 26.9. The molecule has 0 fully saturated rings. The summed E-state index contributed by atoms with van der Waals surface area (Å²) < 4.78 is 19.5. The molecule has 0 amide bonds. The number of aliphatic hydroxyl groups excluding tert-OH is 1. The second-order valence-electron chi connectivity index (χ2n) is 9.60. The number of nitriles is 1. The Kier molecular flexibility index (Phi) is 9.18. The Morgan fingerprint density at radius 3 is 2.33 bits per heavy atom. The second-order valence-corrected chi connectivity index (χ2v) is 9.60. The molecule has 7 heteroatoms. The van der Waals surface area contributed by atoms with E-state index in [2.05, 4.69) is 20.2 Å². The average Bonchev–Trinajstić information content (AvgIpc) is 2.86. The van der Waals surface area contributed by atoms with E-state index < -0.39 is 12.1 Å². The number of hydrogen-bond donors (Lipinski definition) is 2. The van der Waals surface area contributed by atoms with Gasteiger partial charge in [0.15, 0.2) is 0 Å². The van der Waals surface area contributed by atoms with Crippen LogP contribution in [0.5, 0.6) is 5.75 Å². The third kappa shape index (κ3) is 7.91. The van der Waals surface area contributed by atoms with Gasteiger partial charge in [-0.25, -0.2) is 9.18 Å². The highest BCUT2D eigenvalue weighted by Crippen LogP contribution is 2.27. The smallest absolute Gasteiger partial charge is 0.335 e. The average molecular weight is 492 g/mol. The van der Waals surface area contributed by atoms with Gasteiger partial charge >= 0.3 is 5.97 Å². The topological polar surface area (TPSA) is 90.6 Å². The number of unbranched alkanes of at least 4 members (excludes halogenated alkanes) is 1. The zero-order chi connectivity index (χ0) is 26.1. The standard InChI is InChI=1S/C29H31FN2O4/c1-32(2,16-4-3-5-21-6-14-26(30)15-7-21)19-27(33)20-36-28-17-24(12-13-25(28)18-31)22-8-10-23(11-9-22)29(34)35/h6-15,17,27,33H,3-5,16,19-20H2,1-2H3/p+1/t27-/m1/s1. The Morgan fingerprint density at radius 1 is 1.03 bits per heavy atom. The zero-order valence-electron chi connectivity index (χ0n) is 20.7. The molecule has 3 aromatic carbocycles. The Hall–Kier alpha value is -3.73. The van der Waals surface area contributed by atoms with Gasteiger partial charge in [-0.15, -0.1) is 0 Å². The maximum Gasteiger partial charge on any atom is 0.335 e. The first-order chi connectivity index (χ1) is 17.2. The largest absolute Gasteiger partial charge is 0.489 e. The normalized spacial score (nSPS) is 12.1. The molecular formula is C29H32FN2O4+. The Bertz CT molecular complexity index is 1200. The van der Waals surface area contributed by atoms with E-state index in [4.69, 9.17) is 9.84 Å². The summed E-state index contributed by atoms with van der Waals surface area (Å²) in [6.07, 6.45) is 2.12. The van der Waals surface area contributed by atoms with E-state index in [-0.39, 0.29) is 18.0 Å². The van der Waals surface area contributed by atoms with Crippen LogP contribution in [0.2, 0.25) is 0 Å². The fraction of sp³-hybridized carbons (Fsp3) is 0.310. The van der Waals surface area contributed by atoms with Crippen molar-refractivity contribution in [3.63, 3.8) is 0 Å². The lowest BCUT2D eigenvalue weighted by Gasteiger charge is -2.32. The number of likely N-dealkylation sites (N-methyl/N-ethyl adjacent to an activating group) is 1. The van der Waals surface area contributed by atoms with Gasteiger partial charge in [0, 0.05) is 0 Å². The van der Waals surface area contributed by atoms with Crippen molar-refractivity contribution in [2.75, 3.05) is 33.8 Å². The van der Waals surface area contributed by atoms with E-state index in [1.807, 2.05) is 12.1 Å². The number of rotatable bonds is 12. The van der Waals surface area contributed by atoms with Crippen LogP contribution in [0, 0.1) is 17.1 Å². The van der Waals surface area contributed by atoms with Crippen LogP contribution in [0.4, 0.5) is 4.39 Å². The summed E-state index contributed by atoms with van der Waals surface area (Å²) in [7, 11) is 4.12. The van der Waals surface area contributed by atoms with Crippen molar-refractivity contribution in [1.82, 2.24) is 0 Å². The van der Waals surface area contributed by atoms with Crippen LogP contribution < -0.4 is 4.74 Å².